The maximum absolute atomic E-state index is 12.3. The topological polar surface area (TPSA) is 51.5 Å². The number of para-hydroxylation sites is 1. The fraction of sp³-hybridized carbons (Fsp3) is 0.333. The molecule has 5 nitrogen and oxygen atoms in total. The Bertz CT molecular complexity index is 791. The minimum absolute atomic E-state index is 0.0839. The first kappa shape index (κ1) is 19.5. The van der Waals surface area contributed by atoms with Gasteiger partial charge >= 0.3 is 5.97 Å². The molecule has 0 aliphatic rings. The van der Waals surface area contributed by atoms with E-state index >= 15 is 0 Å². The average molecular weight is 354 g/mol. The minimum atomic E-state index is -0.255. The van der Waals surface area contributed by atoms with E-state index in [4.69, 9.17) is 0 Å². The normalized spacial score (nSPS) is 10.9. The van der Waals surface area contributed by atoms with Gasteiger partial charge in [-0.15, -0.1) is 0 Å². The number of methoxy groups -OCH3 is 1. The van der Waals surface area contributed by atoms with Crippen LogP contribution in [-0.2, 0) is 14.3 Å². The fourth-order valence-corrected chi connectivity index (χ4v) is 2.89. The molecule has 5 heteroatoms. The molecule has 0 aliphatic heterocycles. The fourth-order valence-electron chi connectivity index (χ4n) is 2.89. The van der Waals surface area contributed by atoms with Crippen molar-refractivity contribution in [3.8, 4) is 5.69 Å². The summed E-state index contributed by atoms with van der Waals surface area (Å²) in [5.74, 6) is -0.339. The number of likely N-dealkylation sites (N-methyl/N-ethyl adjacent to an activating group) is 1. The second kappa shape index (κ2) is 9.04. The lowest BCUT2D eigenvalue weighted by molar-refractivity contribution is -0.141. The van der Waals surface area contributed by atoms with Crippen LogP contribution in [0.1, 0.15) is 29.8 Å². The van der Waals surface area contributed by atoms with Crippen molar-refractivity contribution in [2.45, 2.75) is 26.7 Å². The largest absolute Gasteiger partial charge is 0.469 e. The van der Waals surface area contributed by atoms with E-state index in [0.717, 1.165) is 22.6 Å². The van der Waals surface area contributed by atoms with Gasteiger partial charge in [0, 0.05) is 43.2 Å². The van der Waals surface area contributed by atoms with Crippen LogP contribution in [0.4, 0.5) is 0 Å². The molecule has 0 unspecified atom stereocenters. The Labute approximate surface area is 154 Å². The van der Waals surface area contributed by atoms with Gasteiger partial charge in [-0.3, -0.25) is 9.59 Å². The molecule has 1 aromatic carbocycles. The van der Waals surface area contributed by atoms with Crippen molar-refractivity contribution in [1.82, 2.24) is 9.47 Å². The van der Waals surface area contributed by atoms with E-state index in [1.54, 1.807) is 18.0 Å². The number of esters is 1. The third-order valence-corrected chi connectivity index (χ3v) is 4.37. The molecule has 0 bridgehead atoms. The minimum Gasteiger partial charge on any atom is -0.469 e. The number of benzene rings is 1. The maximum atomic E-state index is 12.3. The predicted octanol–water partition coefficient (Wildman–Crippen LogP) is 3.52. The van der Waals surface area contributed by atoms with Crippen LogP contribution in [0, 0.1) is 13.8 Å². The van der Waals surface area contributed by atoms with Gasteiger partial charge in [-0.05, 0) is 50.1 Å². The van der Waals surface area contributed by atoms with E-state index in [-0.39, 0.29) is 11.9 Å². The van der Waals surface area contributed by atoms with E-state index < -0.39 is 0 Å². The van der Waals surface area contributed by atoms with Crippen molar-refractivity contribution in [3.05, 3.63) is 59.4 Å². The smallest absolute Gasteiger partial charge is 0.305 e. The summed E-state index contributed by atoms with van der Waals surface area (Å²) in [5.41, 5.74) is 4.33. The van der Waals surface area contributed by atoms with Gasteiger partial charge < -0.3 is 14.2 Å². The van der Waals surface area contributed by atoms with Gasteiger partial charge in [0.15, 0.2) is 0 Å². The first-order valence-electron chi connectivity index (χ1n) is 8.68. The molecule has 1 heterocycles. The summed E-state index contributed by atoms with van der Waals surface area (Å²) in [7, 11) is 3.10. The average Bonchev–Trinajstić information content (AvgIpc) is 2.93. The highest BCUT2D eigenvalue weighted by molar-refractivity contribution is 5.91. The van der Waals surface area contributed by atoms with Gasteiger partial charge in [-0.25, -0.2) is 0 Å². The molecule has 0 saturated carbocycles. The number of hydrogen-bond acceptors (Lipinski definition) is 3. The second-order valence-electron chi connectivity index (χ2n) is 6.27. The third kappa shape index (κ3) is 4.85. The monoisotopic (exact) mass is 354 g/mol. The van der Waals surface area contributed by atoms with Crippen LogP contribution in [0.3, 0.4) is 0 Å². The number of carbonyl (C=O) groups excluding carboxylic acids is 2. The molecular weight excluding hydrogens is 328 g/mol. The van der Waals surface area contributed by atoms with Crippen molar-refractivity contribution in [3.63, 3.8) is 0 Å². The predicted molar refractivity (Wildman–Crippen MR) is 103 cm³/mol. The standard InChI is InChI=1S/C21H26N2O3/c1-16-15-18(17(2)23(16)19-9-6-5-7-10-19)12-13-20(24)22(3)14-8-11-21(25)26-4/h5-7,9-10,12-13,15H,8,11,14H2,1-4H3/b13-12+. The van der Waals surface area contributed by atoms with Crippen LogP contribution >= 0.6 is 0 Å². The van der Waals surface area contributed by atoms with Crippen LogP contribution in [-0.4, -0.2) is 42.0 Å². The van der Waals surface area contributed by atoms with Gasteiger partial charge in [0.05, 0.1) is 7.11 Å². The molecular formula is C21H26N2O3. The molecule has 0 N–H and O–H groups in total. The van der Waals surface area contributed by atoms with E-state index in [1.165, 1.54) is 7.11 Å². The highest BCUT2D eigenvalue weighted by Gasteiger charge is 2.10. The molecule has 0 aliphatic carbocycles. The van der Waals surface area contributed by atoms with Gasteiger partial charge in [0.1, 0.15) is 0 Å². The molecule has 2 aromatic rings. The molecule has 0 atom stereocenters. The van der Waals surface area contributed by atoms with E-state index in [9.17, 15) is 9.59 Å². The summed E-state index contributed by atoms with van der Waals surface area (Å²) in [4.78, 5) is 25.0. The molecule has 0 saturated heterocycles. The first-order valence-corrected chi connectivity index (χ1v) is 8.68. The summed E-state index contributed by atoms with van der Waals surface area (Å²) in [6, 6.07) is 12.2. The van der Waals surface area contributed by atoms with Crippen molar-refractivity contribution < 1.29 is 14.3 Å². The lowest BCUT2D eigenvalue weighted by Crippen LogP contribution is -2.26. The summed E-state index contributed by atoms with van der Waals surface area (Å²) in [5, 5.41) is 0. The highest BCUT2D eigenvalue weighted by atomic mass is 16.5. The molecule has 138 valence electrons. The number of aryl methyl sites for hydroxylation is 1. The summed E-state index contributed by atoms with van der Waals surface area (Å²) in [6.45, 7) is 4.61. The van der Waals surface area contributed by atoms with Crippen LogP contribution in [0.2, 0.25) is 0 Å². The zero-order valence-electron chi connectivity index (χ0n) is 15.9. The Kier molecular flexibility index (Phi) is 6.78. The third-order valence-electron chi connectivity index (χ3n) is 4.37. The van der Waals surface area contributed by atoms with Crippen molar-refractivity contribution in [2.24, 2.45) is 0 Å². The van der Waals surface area contributed by atoms with Gasteiger partial charge in [0.25, 0.3) is 0 Å². The number of amides is 1. The van der Waals surface area contributed by atoms with Crippen molar-refractivity contribution >= 4 is 18.0 Å². The Morgan fingerprint density at radius 3 is 2.54 bits per heavy atom. The number of nitrogens with zero attached hydrogens (tertiary/aromatic N) is 2. The summed E-state index contributed by atoms with van der Waals surface area (Å²) < 4.78 is 6.77. The SMILES string of the molecule is COC(=O)CCCN(C)C(=O)/C=C/c1cc(C)n(-c2ccccc2)c1C. The lowest BCUT2D eigenvalue weighted by Gasteiger charge is -2.14. The van der Waals surface area contributed by atoms with E-state index in [0.29, 0.717) is 19.4 Å². The summed E-state index contributed by atoms with van der Waals surface area (Å²) >= 11 is 0. The molecule has 1 amide bonds. The zero-order chi connectivity index (χ0) is 19.1. The van der Waals surface area contributed by atoms with Gasteiger partial charge in [-0.2, -0.15) is 0 Å². The van der Waals surface area contributed by atoms with Crippen molar-refractivity contribution in [1.29, 1.82) is 0 Å². The first-order chi connectivity index (χ1) is 12.4. The van der Waals surface area contributed by atoms with E-state index in [1.807, 2.05) is 31.2 Å². The van der Waals surface area contributed by atoms with Crippen LogP contribution in [0.15, 0.2) is 42.5 Å². The van der Waals surface area contributed by atoms with Crippen LogP contribution in [0.5, 0.6) is 0 Å². The zero-order valence-corrected chi connectivity index (χ0v) is 15.9. The van der Waals surface area contributed by atoms with Crippen LogP contribution < -0.4 is 0 Å². The van der Waals surface area contributed by atoms with Gasteiger partial charge in [0.2, 0.25) is 5.91 Å². The molecule has 0 spiro atoms. The lowest BCUT2D eigenvalue weighted by atomic mass is 10.2. The number of rotatable bonds is 7. The Balaban J connectivity index is 2.04. The molecule has 0 fully saturated rings. The Hall–Kier alpha value is -2.82. The summed E-state index contributed by atoms with van der Waals surface area (Å²) in [6.07, 6.45) is 4.33. The van der Waals surface area contributed by atoms with Crippen molar-refractivity contribution in [2.75, 3.05) is 20.7 Å². The maximum Gasteiger partial charge on any atom is 0.305 e. The number of hydrogen-bond donors (Lipinski definition) is 0. The highest BCUT2D eigenvalue weighted by Crippen LogP contribution is 2.21. The quantitative estimate of drug-likeness (QED) is 0.565. The molecule has 0 radical (unpaired) electrons. The Morgan fingerprint density at radius 1 is 1.19 bits per heavy atom. The number of aromatic nitrogens is 1. The molecule has 26 heavy (non-hydrogen) atoms. The van der Waals surface area contributed by atoms with Crippen LogP contribution in [0.25, 0.3) is 11.8 Å². The number of carbonyl (C=O) groups is 2. The molecule has 2 rings (SSSR count). The number of ether oxygens (including phenoxy) is 1. The Morgan fingerprint density at radius 2 is 1.88 bits per heavy atom. The van der Waals surface area contributed by atoms with Gasteiger partial charge in [-0.1, -0.05) is 18.2 Å². The molecule has 1 aromatic heterocycles. The second-order valence-corrected chi connectivity index (χ2v) is 6.27. The van der Waals surface area contributed by atoms with E-state index in [2.05, 4.69) is 34.4 Å².